The summed E-state index contributed by atoms with van der Waals surface area (Å²) in [5, 5.41) is 9.17. The van der Waals surface area contributed by atoms with Crippen molar-refractivity contribution in [1.29, 1.82) is 0 Å². The van der Waals surface area contributed by atoms with Crippen molar-refractivity contribution < 1.29 is 14.7 Å². The molecule has 1 atom stereocenters. The molecule has 0 aromatic carbocycles. The highest BCUT2D eigenvalue weighted by atomic mass is 32.1. The fraction of sp³-hybridized carbons (Fsp3) is 0.333. The molecule has 4 N–H and O–H groups in total. The summed E-state index contributed by atoms with van der Waals surface area (Å²) in [5.41, 5.74) is 3.98. The number of hydrogen-bond acceptors (Lipinski definition) is 5. The largest absolute Gasteiger partial charge is 0.477 e. The Balaban J connectivity index is 2.91. The van der Waals surface area contributed by atoms with Crippen LogP contribution in [-0.2, 0) is 4.79 Å². The van der Waals surface area contributed by atoms with E-state index in [4.69, 9.17) is 10.8 Å². The number of carboxylic acids is 1. The van der Waals surface area contributed by atoms with Crippen molar-refractivity contribution in [2.75, 3.05) is 0 Å². The van der Waals surface area contributed by atoms with Crippen molar-refractivity contribution >= 4 is 33.4 Å². The number of aryl methyl sites for hydroxylation is 1. The highest BCUT2D eigenvalue weighted by Gasteiger charge is 2.24. The van der Waals surface area contributed by atoms with Gasteiger partial charge in [-0.1, -0.05) is 6.92 Å². The Morgan fingerprint density at radius 2 is 2.05 bits per heavy atom. The number of nitrogens with one attached hydrogen (secondary N) is 1. The molecule has 0 saturated carbocycles. The molecule has 112 valence electrons. The van der Waals surface area contributed by atoms with E-state index < -0.39 is 29.2 Å². The second kappa shape index (κ2) is 5.17. The number of amides is 1. The minimum atomic E-state index is -1.18. The maximum absolute atomic E-state index is 12.5. The summed E-state index contributed by atoms with van der Waals surface area (Å²) in [6.07, 6.45) is 0.179. The number of hydrogen-bond donors (Lipinski definition) is 3. The molecule has 0 bridgehead atoms. The van der Waals surface area contributed by atoms with Gasteiger partial charge in [0.2, 0.25) is 5.91 Å². The highest BCUT2D eigenvalue weighted by molar-refractivity contribution is 7.20. The monoisotopic (exact) mass is 311 g/mol. The van der Waals surface area contributed by atoms with Gasteiger partial charge in [-0.05, 0) is 18.9 Å². The van der Waals surface area contributed by atoms with Crippen LogP contribution in [-0.4, -0.2) is 26.5 Å². The Labute approximate surface area is 121 Å². The summed E-state index contributed by atoms with van der Waals surface area (Å²) in [6, 6.07) is -1.07. The topological polar surface area (TPSA) is 135 Å². The van der Waals surface area contributed by atoms with Crippen molar-refractivity contribution in [3.05, 3.63) is 31.3 Å². The minimum absolute atomic E-state index is 0.0253. The number of H-pyrrole nitrogens is 1. The third-order valence-corrected chi connectivity index (χ3v) is 4.43. The number of primary amides is 1. The quantitative estimate of drug-likeness (QED) is 0.741. The Morgan fingerprint density at radius 3 is 2.52 bits per heavy atom. The van der Waals surface area contributed by atoms with E-state index in [9.17, 15) is 19.2 Å². The molecule has 2 aromatic rings. The molecule has 1 unspecified atom stereocenters. The zero-order valence-electron chi connectivity index (χ0n) is 11.3. The molecule has 9 heteroatoms. The fourth-order valence-corrected chi connectivity index (χ4v) is 3.25. The van der Waals surface area contributed by atoms with Crippen molar-refractivity contribution in [1.82, 2.24) is 9.55 Å². The van der Waals surface area contributed by atoms with Crippen LogP contribution in [0.25, 0.3) is 10.2 Å². The van der Waals surface area contributed by atoms with Crippen LogP contribution in [0.5, 0.6) is 0 Å². The van der Waals surface area contributed by atoms with Crippen LogP contribution < -0.4 is 17.0 Å². The Kier molecular flexibility index (Phi) is 3.69. The van der Waals surface area contributed by atoms with Gasteiger partial charge in [-0.2, -0.15) is 0 Å². The number of aromatic nitrogens is 2. The lowest BCUT2D eigenvalue weighted by Gasteiger charge is -2.13. The second-order valence-electron chi connectivity index (χ2n) is 4.50. The van der Waals surface area contributed by atoms with Crippen LogP contribution in [0.1, 0.15) is 34.6 Å². The van der Waals surface area contributed by atoms with Crippen LogP contribution in [0, 0.1) is 6.92 Å². The molecule has 0 radical (unpaired) electrons. The number of carbonyl (C=O) groups is 2. The van der Waals surface area contributed by atoms with Crippen LogP contribution in [0.15, 0.2) is 9.59 Å². The van der Waals surface area contributed by atoms with Gasteiger partial charge < -0.3 is 10.8 Å². The third kappa shape index (κ3) is 2.25. The van der Waals surface area contributed by atoms with Crippen LogP contribution in [0.4, 0.5) is 0 Å². The predicted octanol–water partition coefficient (Wildman–Crippen LogP) is 0.194. The number of aromatic carboxylic acids is 1. The van der Waals surface area contributed by atoms with E-state index in [0.29, 0.717) is 0 Å². The van der Waals surface area contributed by atoms with Crippen molar-refractivity contribution in [2.45, 2.75) is 26.3 Å². The molecule has 0 fully saturated rings. The third-order valence-electron chi connectivity index (χ3n) is 3.24. The fourth-order valence-electron chi connectivity index (χ4n) is 2.23. The van der Waals surface area contributed by atoms with Gasteiger partial charge in [-0.15, -0.1) is 11.3 Å². The number of nitrogens with zero attached hydrogens (tertiary/aromatic N) is 1. The van der Waals surface area contributed by atoms with Crippen molar-refractivity contribution in [3.8, 4) is 0 Å². The van der Waals surface area contributed by atoms with Gasteiger partial charge in [-0.25, -0.2) is 14.2 Å². The van der Waals surface area contributed by atoms with Crippen LogP contribution >= 0.6 is 11.3 Å². The Bertz CT molecular complexity index is 860. The standard InChI is InChI=1S/C12H13N3O5S/c1-3-5(8(13)16)15-10(17)6-4(2)7(11(18)19)21-9(6)14-12(15)20/h5H,3H2,1-2H3,(H2,13,16)(H,14,20)(H,18,19). The minimum Gasteiger partial charge on any atom is -0.477 e. The first-order chi connectivity index (χ1) is 9.79. The van der Waals surface area contributed by atoms with E-state index in [2.05, 4.69) is 4.98 Å². The van der Waals surface area contributed by atoms with Gasteiger partial charge in [0.1, 0.15) is 15.7 Å². The number of carbonyl (C=O) groups excluding carboxylic acids is 1. The second-order valence-corrected chi connectivity index (χ2v) is 5.52. The lowest BCUT2D eigenvalue weighted by molar-refractivity contribution is -0.121. The molecule has 0 aliphatic heterocycles. The maximum Gasteiger partial charge on any atom is 0.346 e. The maximum atomic E-state index is 12.5. The zero-order chi connectivity index (χ0) is 15.9. The lowest BCUT2D eigenvalue weighted by Crippen LogP contribution is -2.42. The SMILES string of the molecule is CCC(C(N)=O)n1c(=O)[nH]c2sc(C(=O)O)c(C)c2c1=O. The van der Waals surface area contributed by atoms with Crippen LogP contribution in [0.2, 0.25) is 0 Å². The molecule has 8 nitrogen and oxygen atoms in total. The first-order valence-electron chi connectivity index (χ1n) is 6.10. The molecule has 0 aliphatic carbocycles. The molecule has 0 saturated heterocycles. The van der Waals surface area contributed by atoms with Gasteiger partial charge in [0, 0.05) is 0 Å². The first-order valence-corrected chi connectivity index (χ1v) is 6.91. The highest BCUT2D eigenvalue weighted by Crippen LogP contribution is 2.26. The van der Waals surface area contributed by atoms with E-state index >= 15 is 0 Å². The smallest absolute Gasteiger partial charge is 0.346 e. The average molecular weight is 311 g/mol. The van der Waals surface area contributed by atoms with E-state index in [-0.39, 0.29) is 27.1 Å². The number of aromatic amines is 1. The molecule has 2 aromatic heterocycles. The number of fused-ring (bicyclic) bond motifs is 1. The summed E-state index contributed by atoms with van der Waals surface area (Å²) < 4.78 is 0.746. The van der Waals surface area contributed by atoms with Crippen molar-refractivity contribution in [2.24, 2.45) is 5.73 Å². The molecule has 2 rings (SSSR count). The van der Waals surface area contributed by atoms with Gasteiger partial charge in [0.25, 0.3) is 5.56 Å². The number of thiophene rings is 1. The normalized spacial score (nSPS) is 12.5. The summed E-state index contributed by atoms with van der Waals surface area (Å²) in [4.78, 5) is 49.6. The average Bonchev–Trinajstić information content (AvgIpc) is 2.71. The van der Waals surface area contributed by atoms with Gasteiger partial charge in [0.05, 0.1) is 5.39 Å². The number of carboxylic acid groups (broad SMARTS) is 1. The van der Waals surface area contributed by atoms with Gasteiger partial charge in [-0.3, -0.25) is 14.6 Å². The van der Waals surface area contributed by atoms with E-state index in [0.717, 1.165) is 15.9 Å². The van der Waals surface area contributed by atoms with E-state index in [1.165, 1.54) is 6.92 Å². The molecule has 0 aliphatic rings. The molecule has 1 amide bonds. The summed E-state index contributed by atoms with van der Waals surface area (Å²) in [7, 11) is 0. The number of nitrogens with two attached hydrogens (primary N) is 1. The van der Waals surface area contributed by atoms with E-state index in [1.807, 2.05) is 0 Å². The summed E-state index contributed by atoms with van der Waals surface area (Å²) in [6.45, 7) is 3.10. The Hall–Kier alpha value is -2.42. The molecular weight excluding hydrogens is 298 g/mol. The predicted molar refractivity (Wildman–Crippen MR) is 76.9 cm³/mol. The van der Waals surface area contributed by atoms with Crippen LogP contribution in [0.3, 0.4) is 0 Å². The van der Waals surface area contributed by atoms with E-state index in [1.54, 1.807) is 6.92 Å². The lowest BCUT2D eigenvalue weighted by atomic mass is 10.2. The molecule has 2 heterocycles. The summed E-state index contributed by atoms with van der Waals surface area (Å²) in [5.74, 6) is -1.97. The van der Waals surface area contributed by atoms with Crippen molar-refractivity contribution in [3.63, 3.8) is 0 Å². The molecule has 21 heavy (non-hydrogen) atoms. The molecule has 0 spiro atoms. The van der Waals surface area contributed by atoms with Gasteiger partial charge >= 0.3 is 11.7 Å². The zero-order valence-corrected chi connectivity index (χ0v) is 12.1. The first kappa shape index (κ1) is 15.0. The van der Waals surface area contributed by atoms with Gasteiger partial charge in [0.15, 0.2) is 0 Å². The number of rotatable bonds is 4. The molecular formula is C12H13N3O5S. The Morgan fingerprint density at radius 1 is 1.43 bits per heavy atom. The summed E-state index contributed by atoms with van der Waals surface area (Å²) >= 11 is 0.812.